The highest BCUT2D eigenvalue weighted by molar-refractivity contribution is 5.86. The lowest BCUT2D eigenvalue weighted by atomic mass is 9.81. The quantitative estimate of drug-likeness (QED) is 0.743. The van der Waals surface area contributed by atoms with Crippen molar-refractivity contribution in [1.82, 2.24) is 5.32 Å². The summed E-state index contributed by atoms with van der Waals surface area (Å²) in [4.78, 5) is 23.6. The maximum atomic E-state index is 12.2. The van der Waals surface area contributed by atoms with E-state index in [-0.39, 0.29) is 23.7 Å². The van der Waals surface area contributed by atoms with E-state index in [0.717, 1.165) is 18.8 Å². The summed E-state index contributed by atoms with van der Waals surface area (Å²) >= 11 is 0. The van der Waals surface area contributed by atoms with E-state index < -0.39 is 11.9 Å². The van der Waals surface area contributed by atoms with Crippen LogP contribution in [0.5, 0.6) is 0 Å². The molecule has 4 nitrogen and oxygen atoms in total. The first kappa shape index (κ1) is 12.7. The van der Waals surface area contributed by atoms with Crippen LogP contribution in [0, 0.1) is 29.6 Å². The molecule has 2 N–H and O–H groups in total. The largest absolute Gasteiger partial charge is 0.481 e. The molecule has 0 spiro atoms. The zero-order valence-corrected chi connectivity index (χ0v) is 11.0. The smallest absolute Gasteiger partial charge is 0.307 e. The van der Waals surface area contributed by atoms with Gasteiger partial charge in [-0.1, -0.05) is 31.4 Å². The molecule has 2 saturated carbocycles. The van der Waals surface area contributed by atoms with Gasteiger partial charge in [-0.05, 0) is 30.6 Å². The van der Waals surface area contributed by atoms with Crippen LogP contribution < -0.4 is 5.32 Å². The summed E-state index contributed by atoms with van der Waals surface area (Å²) in [6.45, 7) is 0.702. The summed E-state index contributed by atoms with van der Waals surface area (Å²) in [6.07, 6.45) is 9.76. The van der Waals surface area contributed by atoms with Gasteiger partial charge in [0.25, 0.3) is 0 Å². The van der Waals surface area contributed by atoms with E-state index in [0.29, 0.717) is 6.54 Å². The molecule has 0 radical (unpaired) electrons. The van der Waals surface area contributed by atoms with Gasteiger partial charge in [-0.3, -0.25) is 9.59 Å². The second-order valence-electron chi connectivity index (χ2n) is 6.21. The maximum Gasteiger partial charge on any atom is 0.307 e. The highest BCUT2D eigenvalue weighted by Crippen LogP contribution is 2.48. The zero-order chi connectivity index (χ0) is 13.4. The van der Waals surface area contributed by atoms with Crippen molar-refractivity contribution in [3.05, 3.63) is 12.2 Å². The number of amides is 1. The van der Waals surface area contributed by atoms with Gasteiger partial charge in [0.05, 0.1) is 11.8 Å². The average Bonchev–Trinajstić information content (AvgIpc) is 2.91. The lowest BCUT2D eigenvalue weighted by Gasteiger charge is -2.27. The number of hydrogen-bond acceptors (Lipinski definition) is 2. The van der Waals surface area contributed by atoms with E-state index in [9.17, 15) is 14.7 Å². The Balaban J connectivity index is 1.55. The molecule has 0 saturated heterocycles. The van der Waals surface area contributed by atoms with Gasteiger partial charge in [-0.25, -0.2) is 0 Å². The van der Waals surface area contributed by atoms with Gasteiger partial charge in [-0.15, -0.1) is 0 Å². The van der Waals surface area contributed by atoms with Gasteiger partial charge in [0.2, 0.25) is 5.91 Å². The molecule has 0 aromatic rings. The van der Waals surface area contributed by atoms with E-state index >= 15 is 0 Å². The van der Waals surface area contributed by atoms with Crippen molar-refractivity contribution in [2.24, 2.45) is 29.6 Å². The molecule has 3 aliphatic carbocycles. The fraction of sp³-hybridized carbons (Fsp3) is 0.733. The van der Waals surface area contributed by atoms with Crippen molar-refractivity contribution in [1.29, 1.82) is 0 Å². The fourth-order valence-electron chi connectivity index (χ4n) is 3.82. The van der Waals surface area contributed by atoms with Gasteiger partial charge in [0.15, 0.2) is 0 Å². The molecule has 2 fully saturated rings. The molecule has 2 unspecified atom stereocenters. The van der Waals surface area contributed by atoms with E-state index in [1.165, 1.54) is 19.3 Å². The van der Waals surface area contributed by atoms with Gasteiger partial charge in [0.1, 0.15) is 0 Å². The van der Waals surface area contributed by atoms with Crippen LogP contribution in [0.2, 0.25) is 0 Å². The molecule has 0 aromatic carbocycles. The Kier molecular flexibility index (Phi) is 3.33. The lowest BCUT2D eigenvalue weighted by Crippen LogP contribution is -2.40. The predicted molar refractivity (Wildman–Crippen MR) is 70.3 cm³/mol. The second-order valence-corrected chi connectivity index (χ2v) is 6.21. The van der Waals surface area contributed by atoms with Crippen molar-refractivity contribution >= 4 is 11.9 Å². The Morgan fingerprint density at radius 1 is 1.16 bits per heavy atom. The summed E-state index contributed by atoms with van der Waals surface area (Å²) in [6, 6.07) is 0. The Morgan fingerprint density at radius 2 is 1.84 bits per heavy atom. The fourth-order valence-corrected chi connectivity index (χ4v) is 3.82. The van der Waals surface area contributed by atoms with E-state index in [2.05, 4.69) is 5.32 Å². The van der Waals surface area contributed by atoms with Crippen molar-refractivity contribution in [2.75, 3.05) is 6.54 Å². The molecule has 3 aliphatic rings. The number of aliphatic carboxylic acids is 1. The highest BCUT2D eigenvalue weighted by Gasteiger charge is 2.51. The Hall–Kier alpha value is -1.32. The molecule has 104 valence electrons. The van der Waals surface area contributed by atoms with Gasteiger partial charge in [0, 0.05) is 6.54 Å². The van der Waals surface area contributed by atoms with E-state index in [4.69, 9.17) is 0 Å². The van der Waals surface area contributed by atoms with Gasteiger partial charge >= 0.3 is 5.97 Å². The number of hydrogen-bond donors (Lipinski definition) is 2. The van der Waals surface area contributed by atoms with Crippen molar-refractivity contribution in [2.45, 2.75) is 32.1 Å². The van der Waals surface area contributed by atoms with Crippen LogP contribution in [0.4, 0.5) is 0 Å². The molecule has 4 heteroatoms. The highest BCUT2D eigenvalue weighted by atomic mass is 16.4. The number of carbonyl (C=O) groups is 2. The molecule has 0 aromatic heterocycles. The minimum Gasteiger partial charge on any atom is -0.481 e. The van der Waals surface area contributed by atoms with Crippen molar-refractivity contribution < 1.29 is 14.7 Å². The summed E-state index contributed by atoms with van der Waals surface area (Å²) in [7, 11) is 0. The Labute approximate surface area is 113 Å². The Morgan fingerprint density at radius 3 is 2.42 bits per heavy atom. The van der Waals surface area contributed by atoms with E-state index in [1.54, 1.807) is 0 Å². The molecule has 0 aliphatic heterocycles. The SMILES string of the molecule is O=C(O)[C@@H]1C2C=CC(C2)[C@@H]1C(=O)NCCC1CCC1. The summed E-state index contributed by atoms with van der Waals surface area (Å²) in [5.41, 5.74) is 0. The van der Waals surface area contributed by atoms with E-state index in [1.807, 2.05) is 12.2 Å². The summed E-state index contributed by atoms with van der Waals surface area (Å²) < 4.78 is 0. The maximum absolute atomic E-state index is 12.2. The third kappa shape index (κ3) is 2.28. The lowest BCUT2D eigenvalue weighted by molar-refractivity contribution is -0.147. The van der Waals surface area contributed by atoms with Crippen LogP contribution in [-0.2, 0) is 9.59 Å². The number of nitrogens with one attached hydrogen (secondary N) is 1. The first-order valence-electron chi connectivity index (χ1n) is 7.35. The molecule has 19 heavy (non-hydrogen) atoms. The topological polar surface area (TPSA) is 66.4 Å². The number of carboxylic acid groups (broad SMARTS) is 1. The molecule has 3 rings (SSSR count). The van der Waals surface area contributed by atoms with Gasteiger partial charge < -0.3 is 10.4 Å². The minimum absolute atomic E-state index is 0.0522. The van der Waals surface area contributed by atoms with Crippen LogP contribution in [0.3, 0.4) is 0 Å². The Bertz CT molecular complexity index is 414. The molecule has 4 atom stereocenters. The number of carboxylic acids is 1. The first-order valence-corrected chi connectivity index (χ1v) is 7.35. The van der Waals surface area contributed by atoms with Gasteiger partial charge in [-0.2, -0.15) is 0 Å². The number of allylic oxidation sites excluding steroid dienone is 2. The number of carbonyl (C=O) groups excluding carboxylic acids is 1. The monoisotopic (exact) mass is 263 g/mol. The zero-order valence-electron chi connectivity index (χ0n) is 11.0. The van der Waals surface area contributed by atoms with Crippen LogP contribution in [0.15, 0.2) is 12.2 Å². The molecular weight excluding hydrogens is 242 g/mol. The third-order valence-corrected chi connectivity index (χ3v) is 5.12. The average molecular weight is 263 g/mol. The minimum atomic E-state index is -0.823. The summed E-state index contributed by atoms with van der Waals surface area (Å²) in [5, 5.41) is 12.3. The standard InChI is InChI=1S/C15H21NO3/c17-14(16-7-6-9-2-1-3-9)12-10-4-5-11(8-10)13(12)15(18)19/h4-5,9-13H,1-3,6-8H2,(H,16,17)(H,18,19)/t10?,11?,12-,13+/m0/s1. The summed E-state index contributed by atoms with van der Waals surface area (Å²) in [5.74, 6) is -0.776. The van der Waals surface area contributed by atoms with Crippen molar-refractivity contribution in [3.8, 4) is 0 Å². The molecule has 0 heterocycles. The van der Waals surface area contributed by atoms with Crippen LogP contribution in [-0.4, -0.2) is 23.5 Å². The molecular formula is C15H21NO3. The predicted octanol–water partition coefficient (Wildman–Crippen LogP) is 1.82. The van der Waals surface area contributed by atoms with Crippen molar-refractivity contribution in [3.63, 3.8) is 0 Å². The number of fused-ring (bicyclic) bond motifs is 2. The molecule has 2 bridgehead atoms. The number of rotatable bonds is 5. The third-order valence-electron chi connectivity index (χ3n) is 5.12. The molecule has 1 amide bonds. The van der Waals surface area contributed by atoms with Crippen LogP contribution >= 0.6 is 0 Å². The van der Waals surface area contributed by atoms with Crippen LogP contribution in [0.25, 0.3) is 0 Å². The normalized spacial score (nSPS) is 36.2. The second kappa shape index (κ2) is 4.99. The van der Waals surface area contributed by atoms with Crippen LogP contribution in [0.1, 0.15) is 32.1 Å². The first-order chi connectivity index (χ1) is 9.16.